The molecule has 4 heterocycles. The van der Waals surface area contributed by atoms with E-state index in [1.807, 2.05) is 186 Å². The van der Waals surface area contributed by atoms with E-state index >= 15 is 0 Å². The first kappa shape index (κ1) is 123. The second-order valence-corrected chi connectivity index (χ2v) is 39.5. The number of fused-ring (bicyclic) bond motifs is 4. The van der Waals surface area contributed by atoms with Gasteiger partial charge in [0, 0.05) is 105 Å². The Bertz CT molecular complexity index is 5850. The summed E-state index contributed by atoms with van der Waals surface area (Å²) in [5.74, 6) is -0.649. The smallest absolute Gasteiger partial charge is 0.342 e. The summed E-state index contributed by atoms with van der Waals surface area (Å²) < 4.78 is 109. The summed E-state index contributed by atoms with van der Waals surface area (Å²) in [5, 5.41) is 39.6. The first-order chi connectivity index (χ1) is 70.4. The van der Waals surface area contributed by atoms with E-state index in [1.54, 1.807) is 110 Å². The van der Waals surface area contributed by atoms with Gasteiger partial charge in [-0.05, 0) is 314 Å². The molecule has 0 amide bonds. The fourth-order valence-electron chi connectivity index (χ4n) is 14.3. The Labute approximate surface area is 880 Å². The Morgan fingerprint density at radius 2 is 0.650 bits per heavy atom. The van der Waals surface area contributed by atoms with Crippen molar-refractivity contribution >= 4 is 117 Å². The van der Waals surface area contributed by atoms with Crippen molar-refractivity contribution in [3.8, 4) is 23.0 Å². The number of furan rings is 4. The van der Waals surface area contributed by atoms with E-state index in [-0.39, 0.29) is 106 Å². The minimum Gasteiger partial charge on any atom is -0.508 e. The fraction of sp³-hybridized carbons (Fsp3) is 0.386. The number of benzene rings is 9. The molecule has 4 aromatic heterocycles. The molecule has 9 aromatic carbocycles. The van der Waals surface area contributed by atoms with Gasteiger partial charge in [-0.2, -0.15) is 0 Å². The van der Waals surface area contributed by atoms with E-state index in [0.717, 1.165) is 123 Å². The van der Waals surface area contributed by atoms with Gasteiger partial charge >= 0.3 is 41.8 Å². The number of esters is 7. The van der Waals surface area contributed by atoms with Gasteiger partial charge in [-0.25, -0.2) is 33.6 Å². The van der Waals surface area contributed by atoms with Crippen LogP contribution in [0, 0.1) is 83.6 Å². The number of carbonyl (C=O) groups is 7. The van der Waals surface area contributed by atoms with Crippen LogP contribution in [0.3, 0.4) is 0 Å². The zero-order valence-corrected chi connectivity index (χ0v) is 93.3. The van der Waals surface area contributed by atoms with Crippen LogP contribution in [0.25, 0.3) is 43.9 Å². The van der Waals surface area contributed by atoms with E-state index in [4.69, 9.17) is 83.5 Å². The topological polar surface area (TPSA) is 345 Å². The van der Waals surface area contributed by atoms with E-state index in [2.05, 4.69) is 43.9 Å². The number of rotatable bonds is 29. The van der Waals surface area contributed by atoms with Crippen LogP contribution in [-0.4, -0.2) is 149 Å². The number of hydrogen-bond donors (Lipinski definition) is 4. The molecule has 4 N–H and O–H groups in total. The predicted octanol–water partition coefficient (Wildman–Crippen LogP) is 29.5. The molecule has 29 heteroatoms. The average Bonchev–Trinajstić information content (AvgIpc) is 1.69. The van der Waals surface area contributed by atoms with Gasteiger partial charge in [0.2, 0.25) is 0 Å². The molecule has 0 radical (unpaired) electrons. The molecule has 0 aliphatic carbocycles. The van der Waals surface area contributed by atoms with Crippen LogP contribution in [-0.2, 0) is 74.6 Å². The van der Waals surface area contributed by atoms with Crippen LogP contribution in [0.2, 0.25) is 25.7 Å². The third kappa shape index (κ3) is 40.3. The Hall–Kier alpha value is -11.9. The van der Waals surface area contributed by atoms with Crippen molar-refractivity contribution in [1.29, 1.82) is 0 Å². The molecule has 13 rings (SSSR count). The largest absolute Gasteiger partial charge is 0.508 e. The van der Waals surface area contributed by atoms with Gasteiger partial charge in [0.25, 0.3) is 0 Å². The Kier molecular flexibility index (Phi) is 59.0. The standard InChI is InChI=1S/C22H26O3SSi.C19H18O3S.C17H26O5.2C13H14O3.C11H14O3.C10H12O4.C2H6O.6CH4.CH3.Pd/c1-16-14-20-18(10-11-24-20)19(15-26-17-8-6-5-7-9-17)21(16)22(23)25-12-13-27(2,3)4;1-3-21-19(20)18-13(2)11-17-15(9-10-22-17)16(18)12-23-14-7-5-4-6-8-14;1-6-19-15(20-7-2)11-22-14-9-12(4)16(13(5)10-14)17(18)21-8-3;2*1-4-15-13(14)12-8(2)7-11-10(9(12)3)5-6-16-11;1-4-14-11(13)10-8(3)5-7(2)6-9(10)12;1-3-14-10(13)9-6(2)4-7(11)5-8(9)12;1-2-3;;;;;;;;/h5-11,14H,12-13,15H2,1-4H3;4-11H,3,12H2,1-2H3;9-10,15H,6-8,11H2,1-5H3;2*5-7H,4H2,1-3H3;5-6,12H,4H2,1-3H3;4-5,11-12H,3H2,1-2H3;3H,2H2,1H3;6*1H4;1H3;/q;;;;;;;;;;;;;;-1;/i;;;;;;;;6*1T;;. The number of thioether (sulfide) groups is 2. The monoisotopic (exact) mass is 2140 g/mol. The first-order valence-electron chi connectivity index (χ1n) is 50.8. The van der Waals surface area contributed by atoms with E-state index in [0.29, 0.717) is 110 Å². The summed E-state index contributed by atoms with van der Waals surface area (Å²) in [7, 11) is 6.26. The molecule has 0 spiro atoms. The zero-order valence-electron chi connectivity index (χ0n) is 95.1. The van der Waals surface area contributed by atoms with Crippen LogP contribution >= 0.6 is 23.5 Å². The molecule has 790 valence electrons. The summed E-state index contributed by atoms with van der Waals surface area (Å²) in [5.41, 5.74) is 18.0. The fourth-order valence-corrected chi connectivity index (χ4v) is 17.0. The zero-order chi connectivity index (χ0) is 112. The number of aliphatic hydroxyl groups excluding tert-OH is 1. The molecule has 0 bridgehead atoms. The molecule has 0 aliphatic rings. The molecule has 143 heavy (non-hydrogen) atoms. The molecule has 13 aromatic rings. The van der Waals surface area contributed by atoms with Gasteiger partial charge in [0.15, 0.2) is 6.29 Å². The van der Waals surface area contributed by atoms with Crippen molar-refractivity contribution in [1.82, 2.24) is 0 Å². The van der Waals surface area contributed by atoms with E-state index in [9.17, 15) is 43.8 Å². The van der Waals surface area contributed by atoms with Crippen LogP contribution < -0.4 is 4.74 Å². The summed E-state index contributed by atoms with van der Waals surface area (Å²) in [6.45, 7) is 47.7. The second kappa shape index (κ2) is 68.4. The average molecular weight is 2140 g/mol. The van der Waals surface area contributed by atoms with Gasteiger partial charge < -0.3 is 92.9 Å². The molecular formula is C114H157O25PdS2Si-. The molecule has 0 saturated carbocycles. The molecule has 0 aliphatic heterocycles. The maximum absolute atomic E-state index is 12.9. The Balaban J connectivity index is -0.00000165. The van der Waals surface area contributed by atoms with Gasteiger partial charge in [0.05, 0.1) is 99.1 Å². The minimum absolute atomic E-state index is 0. The van der Waals surface area contributed by atoms with Crippen molar-refractivity contribution in [2.45, 2.75) is 236 Å². The van der Waals surface area contributed by atoms with Gasteiger partial charge in [0.1, 0.15) is 63.1 Å². The number of carbonyl (C=O) groups excluding carboxylic acids is 7. The van der Waals surface area contributed by atoms with Gasteiger partial charge in [-0.15, -0.1) is 23.5 Å². The van der Waals surface area contributed by atoms with Crippen molar-refractivity contribution in [2.24, 2.45) is 0 Å². The maximum atomic E-state index is 12.9. The third-order valence-corrected chi connectivity index (χ3v) is 24.1. The van der Waals surface area contributed by atoms with Crippen molar-refractivity contribution < 1.29 is 148 Å². The maximum Gasteiger partial charge on any atom is 0.342 e. The normalized spacial score (nSPS) is 10.4. The molecule has 0 saturated heterocycles. The van der Waals surface area contributed by atoms with Crippen molar-refractivity contribution in [3.63, 3.8) is 0 Å². The van der Waals surface area contributed by atoms with Gasteiger partial charge in [-0.3, -0.25) is 0 Å². The number of aliphatic hydroxyl groups is 1. The van der Waals surface area contributed by atoms with Crippen LogP contribution in [0.1, 0.15) is 260 Å². The summed E-state index contributed by atoms with van der Waals surface area (Å²) in [4.78, 5) is 85.9. The Morgan fingerprint density at radius 3 is 0.979 bits per heavy atom. The van der Waals surface area contributed by atoms with Crippen molar-refractivity contribution in [3.05, 3.63) is 289 Å². The summed E-state index contributed by atoms with van der Waals surface area (Å²) in [6, 6.07) is 46.1. The quantitative estimate of drug-likeness (QED) is 0.00845. The third-order valence-electron chi connectivity index (χ3n) is 20.3. The number of ether oxygens (including phenoxy) is 10. The predicted molar refractivity (Wildman–Crippen MR) is 580 cm³/mol. The molecule has 0 fully saturated rings. The second-order valence-electron chi connectivity index (χ2n) is 31.8. The summed E-state index contributed by atoms with van der Waals surface area (Å²) >= 11 is 3.42. The van der Waals surface area contributed by atoms with Crippen LogP contribution in [0.15, 0.2) is 198 Å². The van der Waals surface area contributed by atoms with Crippen LogP contribution in [0.4, 0.5) is 0 Å². The minimum atomic E-state index is -1.24. The Morgan fingerprint density at radius 1 is 0.364 bits per heavy atom. The van der Waals surface area contributed by atoms with Crippen molar-refractivity contribution in [2.75, 3.05) is 72.7 Å². The molecule has 0 unspecified atom stereocenters. The number of aromatic hydroxyl groups is 3. The van der Waals surface area contributed by atoms with Gasteiger partial charge in [-0.1, -0.05) is 107 Å². The number of aryl methyl sites for hydroxylation is 11. The molecule has 25 nitrogen and oxygen atoms in total. The van der Waals surface area contributed by atoms with E-state index in [1.165, 1.54) is 60.3 Å². The summed E-state index contributed by atoms with van der Waals surface area (Å²) in [6.07, 6.45) is 6.22. The van der Waals surface area contributed by atoms with Crippen LogP contribution in [0.5, 0.6) is 23.0 Å². The van der Waals surface area contributed by atoms with E-state index < -0.39 is 20.0 Å². The SMILES string of the molecule is CCO.CCOC(=O)c1c(C)cc(C)cc1O.CCOC(=O)c1c(C)cc(O)cc1O.CCOC(=O)c1c(C)cc(OCC(OCC)OCC)cc1C.CCOC(=O)c1c(C)cc2occc2c1C.CCOC(=O)c1c(C)cc2occc2c1C.CCOC(=O)c1c(C)cc2occc2c1CSc1ccccc1.Cc1cc2occc2c(CSc2ccccc2)c1C(=O)OCC[Si](C)(C)C.[3H]C.[3H]C.[3H]C.[3H]C.[3H]C.[3H]C.[CH3-].[Pd]. The number of phenolic OH excluding ortho intramolecular Hbond substituents is 3. The first-order valence-corrected chi connectivity index (χ1v) is 50.5. The molecule has 0 atom stereocenters. The number of phenols is 3. The number of hydrogen-bond acceptors (Lipinski definition) is 27. The molecular weight excluding hydrogens is 1970 g/mol.